The van der Waals surface area contributed by atoms with Crippen molar-refractivity contribution in [2.75, 3.05) is 17.7 Å². The van der Waals surface area contributed by atoms with Gasteiger partial charge in [-0.3, -0.25) is 9.59 Å². The van der Waals surface area contributed by atoms with Gasteiger partial charge in [-0.2, -0.15) is 0 Å². The Balaban J connectivity index is 1.76. The molecule has 2 aromatic rings. The van der Waals surface area contributed by atoms with Gasteiger partial charge in [0.05, 0.1) is 23.6 Å². The summed E-state index contributed by atoms with van der Waals surface area (Å²) in [6, 6.07) is 13.4. The van der Waals surface area contributed by atoms with Crippen molar-refractivity contribution in [2.45, 2.75) is 16.6 Å². The Kier molecular flexibility index (Phi) is 4.76. The number of nitrogens with two attached hydrogens (primary N) is 1. The Morgan fingerprint density at radius 1 is 1.12 bits per heavy atom. The Hall–Kier alpha value is -2.80. The van der Waals surface area contributed by atoms with Crippen LogP contribution in [0.15, 0.2) is 53.4 Å². The molecule has 1 fully saturated rings. The standard InChI is InChI=1S/C18H16N2O4S/c1-24-18(23)11-2-6-13(7-3-11)20-16(21)10-15(17(20)22)25-14-8-4-12(19)5-9-14/h2-9,15H,10,19H2,1H3. The molecule has 1 aliphatic rings. The normalized spacial score (nSPS) is 17.0. The summed E-state index contributed by atoms with van der Waals surface area (Å²) in [6.07, 6.45) is 0.132. The van der Waals surface area contributed by atoms with Gasteiger partial charge in [0.2, 0.25) is 11.8 Å². The third-order valence-corrected chi connectivity index (χ3v) is 5.01. The molecule has 25 heavy (non-hydrogen) atoms. The predicted octanol–water partition coefficient (Wildman–Crippen LogP) is 2.48. The highest BCUT2D eigenvalue weighted by Crippen LogP contribution is 2.34. The minimum Gasteiger partial charge on any atom is -0.465 e. The third-order valence-electron chi connectivity index (χ3n) is 3.81. The number of hydrogen-bond acceptors (Lipinski definition) is 6. The number of methoxy groups -OCH3 is 1. The van der Waals surface area contributed by atoms with E-state index < -0.39 is 11.2 Å². The number of rotatable bonds is 4. The topological polar surface area (TPSA) is 89.7 Å². The summed E-state index contributed by atoms with van der Waals surface area (Å²) in [5, 5.41) is -0.476. The van der Waals surface area contributed by atoms with Gasteiger partial charge in [-0.05, 0) is 48.5 Å². The van der Waals surface area contributed by atoms with Crippen molar-refractivity contribution < 1.29 is 19.1 Å². The molecular formula is C18H16N2O4S. The van der Waals surface area contributed by atoms with Gasteiger partial charge in [-0.25, -0.2) is 9.69 Å². The first-order valence-electron chi connectivity index (χ1n) is 7.57. The molecule has 2 aromatic carbocycles. The molecule has 2 N–H and O–H groups in total. The SMILES string of the molecule is COC(=O)c1ccc(N2C(=O)CC(Sc3ccc(N)cc3)C2=O)cc1. The highest BCUT2D eigenvalue weighted by molar-refractivity contribution is 8.00. The lowest BCUT2D eigenvalue weighted by molar-refractivity contribution is -0.121. The first kappa shape index (κ1) is 17.0. The minimum absolute atomic E-state index is 0.132. The number of anilines is 2. The summed E-state index contributed by atoms with van der Waals surface area (Å²) in [4.78, 5) is 38.4. The first-order valence-corrected chi connectivity index (χ1v) is 8.45. The van der Waals surface area contributed by atoms with Gasteiger partial charge in [0.25, 0.3) is 0 Å². The lowest BCUT2D eigenvalue weighted by atomic mass is 10.2. The van der Waals surface area contributed by atoms with E-state index in [1.54, 1.807) is 24.3 Å². The van der Waals surface area contributed by atoms with Gasteiger partial charge >= 0.3 is 5.97 Å². The number of esters is 1. The Morgan fingerprint density at radius 3 is 2.36 bits per heavy atom. The summed E-state index contributed by atoms with van der Waals surface area (Å²) >= 11 is 1.34. The fourth-order valence-electron chi connectivity index (χ4n) is 2.54. The van der Waals surface area contributed by atoms with Gasteiger partial charge in [-0.1, -0.05) is 0 Å². The van der Waals surface area contributed by atoms with E-state index in [2.05, 4.69) is 4.74 Å². The van der Waals surface area contributed by atoms with Gasteiger partial charge in [0.15, 0.2) is 0 Å². The van der Waals surface area contributed by atoms with Crippen LogP contribution in [-0.2, 0) is 14.3 Å². The number of nitrogen functional groups attached to an aromatic ring is 1. The molecule has 1 aliphatic heterocycles. The second-order valence-electron chi connectivity index (χ2n) is 5.49. The van der Waals surface area contributed by atoms with Crippen LogP contribution < -0.4 is 10.6 Å². The number of imide groups is 1. The zero-order valence-corrected chi connectivity index (χ0v) is 14.3. The van der Waals surface area contributed by atoms with E-state index in [4.69, 9.17) is 5.73 Å². The number of carbonyl (C=O) groups excluding carboxylic acids is 3. The van der Waals surface area contributed by atoms with E-state index in [1.165, 1.54) is 31.0 Å². The number of benzene rings is 2. The molecule has 0 saturated carbocycles. The summed E-state index contributed by atoms with van der Waals surface area (Å²) in [6.45, 7) is 0. The quantitative estimate of drug-likeness (QED) is 0.514. The maximum Gasteiger partial charge on any atom is 0.337 e. The van der Waals surface area contributed by atoms with E-state index in [1.807, 2.05) is 12.1 Å². The lowest BCUT2D eigenvalue weighted by Gasteiger charge is -2.15. The number of nitrogens with zero attached hydrogens (tertiary/aromatic N) is 1. The highest BCUT2D eigenvalue weighted by atomic mass is 32.2. The van der Waals surface area contributed by atoms with Crippen LogP contribution in [0.1, 0.15) is 16.8 Å². The van der Waals surface area contributed by atoms with Gasteiger partial charge < -0.3 is 10.5 Å². The molecular weight excluding hydrogens is 340 g/mol. The second kappa shape index (κ2) is 6.98. The summed E-state index contributed by atoms with van der Waals surface area (Å²) < 4.78 is 4.64. The van der Waals surface area contributed by atoms with Crippen molar-refractivity contribution in [3.05, 3.63) is 54.1 Å². The van der Waals surface area contributed by atoms with Gasteiger partial charge in [-0.15, -0.1) is 11.8 Å². The van der Waals surface area contributed by atoms with Crippen LogP contribution >= 0.6 is 11.8 Å². The molecule has 7 heteroatoms. The smallest absolute Gasteiger partial charge is 0.337 e. The zero-order valence-electron chi connectivity index (χ0n) is 13.5. The number of carbonyl (C=O) groups is 3. The molecule has 0 bridgehead atoms. The number of hydrogen-bond donors (Lipinski definition) is 1. The van der Waals surface area contributed by atoms with Crippen LogP contribution in [0.5, 0.6) is 0 Å². The van der Waals surface area contributed by atoms with Crippen LogP contribution in [0.25, 0.3) is 0 Å². The average Bonchev–Trinajstić information content (AvgIpc) is 2.90. The van der Waals surface area contributed by atoms with Crippen molar-refractivity contribution in [3.63, 3.8) is 0 Å². The number of amides is 2. The van der Waals surface area contributed by atoms with E-state index in [0.717, 1.165) is 9.80 Å². The monoisotopic (exact) mass is 356 g/mol. The molecule has 1 unspecified atom stereocenters. The fraction of sp³-hybridized carbons (Fsp3) is 0.167. The van der Waals surface area contributed by atoms with Crippen LogP contribution in [0.4, 0.5) is 11.4 Å². The molecule has 0 aliphatic carbocycles. The second-order valence-corrected chi connectivity index (χ2v) is 6.76. The van der Waals surface area contributed by atoms with E-state index in [9.17, 15) is 14.4 Å². The molecule has 0 radical (unpaired) electrons. The largest absolute Gasteiger partial charge is 0.465 e. The van der Waals surface area contributed by atoms with Gasteiger partial charge in [0.1, 0.15) is 0 Å². The van der Waals surface area contributed by atoms with Crippen molar-refractivity contribution >= 4 is 40.9 Å². The molecule has 128 valence electrons. The summed E-state index contributed by atoms with van der Waals surface area (Å²) in [5.74, 6) is -0.996. The maximum atomic E-state index is 12.6. The molecule has 3 rings (SSSR count). The van der Waals surface area contributed by atoms with E-state index in [-0.39, 0.29) is 18.2 Å². The number of ether oxygens (including phenoxy) is 1. The summed E-state index contributed by atoms with van der Waals surface area (Å²) in [5.41, 5.74) is 7.10. The molecule has 1 atom stereocenters. The number of thioether (sulfide) groups is 1. The average molecular weight is 356 g/mol. The lowest BCUT2D eigenvalue weighted by Crippen LogP contribution is -2.31. The molecule has 6 nitrogen and oxygen atoms in total. The Labute approximate surface area is 148 Å². The van der Waals surface area contributed by atoms with Crippen molar-refractivity contribution in [2.24, 2.45) is 0 Å². The molecule has 1 saturated heterocycles. The summed E-state index contributed by atoms with van der Waals surface area (Å²) in [7, 11) is 1.29. The van der Waals surface area contributed by atoms with Crippen molar-refractivity contribution in [1.29, 1.82) is 0 Å². The van der Waals surface area contributed by atoms with Crippen LogP contribution in [0.3, 0.4) is 0 Å². The zero-order chi connectivity index (χ0) is 18.0. The maximum absolute atomic E-state index is 12.6. The first-order chi connectivity index (χ1) is 12.0. The molecule has 2 amide bonds. The minimum atomic E-state index is -0.476. The Bertz CT molecular complexity index is 818. The van der Waals surface area contributed by atoms with Crippen LogP contribution in [0, 0.1) is 0 Å². The van der Waals surface area contributed by atoms with Crippen LogP contribution in [0.2, 0.25) is 0 Å². The molecule has 1 heterocycles. The van der Waals surface area contributed by atoms with Crippen LogP contribution in [-0.4, -0.2) is 30.1 Å². The van der Waals surface area contributed by atoms with Gasteiger partial charge in [0, 0.05) is 17.0 Å². The van der Waals surface area contributed by atoms with Crippen molar-refractivity contribution in [1.82, 2.24) is 0 Å². The predicted molar refractivity (Wildman–Crippen MR) is 95.4 cm³/mol. The fourth-order valence-corrected chi connectivity index (χ4v) is 3.60. The molecule has 0 aromatic heterocycles. The Morgan fingerprint density at radius 2 is 1.76 bits per heavy atom. The highest BCUT2D eigenvalue weighted by Gasteiger charge is 2.40. The molecule has 0 spiro atoms. The van der Waals surface area contributed by atoms with E-state index >= 15 is 0 Å². The third kappa shape index (κ3) is 3.51. The van der Waals surface area contributed by atoms with E-state index in [0.29, 0.717) is 16.9 Å². The van der Waals surface area contributed by atoms with Crippen molar-refractivity contribution in [3.8, 4) is 0 Å².